The van der Waals surface area contributed by atoms with Crippen molar-refractivity contribution in [2.24, 2.45) is 15.8 Å². The normalized spacial score (nSPS) is 32.6. The molecule has 2 atom stereocenters. The number of carbonyl (C=O) groups is 1. The van der Waals surface area contributed by atoms with Crippen molar-refractivity contribution in [2.45, 2.75) is 58.6 Å². The Morgan fingerprint density at radius 3 is 2.50 bits per heavy atom. The molecule has 2 aliphatic rings. The Hall–Kier alpha value is -1.39. The fourth-order valence-electron chi connectivity index (χ4n) is 4.20. The molecular weight excluding hydrogens is 282 g/mol. The molecule has 0 aromatic rings. The van der Waals surface area contributed by atoms with Gasteiger partial charge in [-0.3, -0.25) is 0 Å². The van der Waals surface area contributed by atoms with Crippen molar-refractivity contribution in [3.63, 3.8) is 0 Å². The first-order valence-electron chi connectivity index (χ1n) is 7.86. The highest BCUT2D eigenvalue weighted by Gasteiger charge is 2.43. The number of nitrogens with one attached hydrogen (secondary N) is 1. The standard InChI is InChI=1S/C16H27N3O3/c1-14(2)5-12(18-11-20)6-15(3,7-14)8-17-13(21)19-9-16(4,22)10-19/h12,22H,5-10H2,1-4H3,(H,17,21). The molecule has 2 N–H and O–H groups in total. The van der Waals surface area contributed by atoms with E-state index < -0.39 is 5.60 Å². The molecular formula is C16H27N3O3. The maximum atomic E-state index is 12.1. The average molecular weight is 309 g/mol. The summed E-state index contributed by atoms with van der Waals surface area (Å²) >= 11 is 0. The largest absolute Gasteiger partial charge is 0.386 e. The van der Waals surface area contributed by atoms with Gasteiger partial charge in [-0.15, -0.1) is 0 Å². The number of isocyanates is 1. The van der Waals surface area contributed by atoms with Crippen molar-refractivity contribution in [1.29, 1.82) is 0 Å². The van der Waals surface area contributed by atoms with Crippen LogP contribution in [0.4, 0.5) is 4.79 Å². The second kappa shape index (κ2) is 5.67. The summed E-state index contributed by atoms with van der Waals surface area (Å²) in [7, 11) is 0. The molecule has 0 spiro atoms. The van der Waals surface area contributed by atoms with Crippen LogP contribution in [0.3, 0.4) is 0 Å². The highest BCUT2D eigenvalue weighted by Crippen LogP contribution is 2.46. The molecule has 1 heterocycles. The second-order valence-electron chi connectivity index (χ2n) is 8.45. The Bertz CT molecular complexity index is 489. The quantitative estimate of drug-likeness (QED) is 0.615. The minimum atomic E-state index is -0.752. The van der Waals surface area contributed by atoms with E-state index in [1.54, 1.807) is 17.9 Å². The van der Waals surface area contributed by atoms with Crippen molar-refractivity contribution in [3.8, 4) is 0 Å². The summed E-state index contributed by atoms with van der Waals surface area (Å²) in [6, 6.07) is -0.153. The first-order chi connectivity index (χ1) is 10.0. The van der Waals surface area contributed by atoms with Crippen LogP contribution in [0, 0.1) is 10.8 Å². The lowest BCUT2D eigenvalue weighted by Gasteiger charge is -2.47. The topological polar surface area (TPSA) is 82.0 Å². The molecule has 0 bridgehead atoms. The summed E-state index contributed by atoms with van der Waals surface area (Å²) in [4.78, 5) is 28.2. The van der Waals surface area contributed by atoms with Crippen LogP contribution in [0.2, 0.25) is 0 Å². The predicted molar refractivity (Wildman–Crippen MR) is 83.2 cm³/mol. The lowest BCUT2D eigenvalue weighted by atomic mass is 9.63. The fraction of sp³-hybridized carbons (Fsp3) is 0.875. The van der Waals surface area contributed by atoms with Crippen LogP contribution in [0.15, 0.2) is 4.99 Å². The van der Waals surface area contributed by atoms with Crippen LogP contribution >= 0.6 is 0 Å². The Labute approximate surface area is 132 Å². The number of urea groups is 1. The lowest BCUT2D eigenvalue weighted by Crippen LogP contribution is -2.64. The first kappa shape index (κ1) is 17.0. The van der Waals surface area contributed by atoms with Crippen LogP contribution in [-0.2, 0) is 4.79 Å². The third kappa shape index (κ3) is 4.08. The fourth-order valence-corrected chi connectivity index (χ4v) is 4.20. The Morgan fingerprint density at radius 1 is 1.32 bits per heavy atom. The maximum Gasteiger partial charge on any atom is 0.317 e. The molecule has 2 rings (SSSR count). The zero-order valence-corrected chi connectivity index (χ0v) is 14.0. The maximum absolute atomic E-state index is 12.1. The van der Waals surface area contributed by atoms with Crippen LogP contribution < -0.4 is 5.32 Å². The van der Waals surface area contributed by atoms with Gasteiger partial charge in [0.1, 0.15) is 0 Å². The van der Waals surface area contributed by atoms with Crippen molar-refractivity contribution in [3.05, 3.63) is 0 Å². The van der Waals surface area contributed by atoms with E-state index >= 15 is 0 Å². The number of nitrogens with zero attached hydrogens (tertiary/aromatic N) is 2. The number of likely N-dealkylation sites (tertiary alicyclic amines) is 1. The van der Waals surface area contributed by atoms with Gasteiger partial charge in [-0.05, 0) is 37.0 Å². The van der Waals surface area contributed by atoms with Gasteiger partial charge in [0.15, 0.2) is 0 Å². The van der Waals surface area contributed by atoms with Gasteiger partial charge in [0.05, 0.1) is 24.7 Å². The van der Waals surface area contributed by atoms with Crippen molar-refractivity contribution >= 4 is 12.1 Å². The zero-order chi connectivity index (χ0) is 16.6. The highest BCUT2D eigenvalue weighted by molar-refractivity contribution is 5.75. The van der Waals surface area contributed by atoms with Gasteiger partial charge in [-0.2, -0.15) is 0 Å². The van der Waals surface area contributed by atoms with Crippen LogP contribution in [0.1, 0.15) is 47.0 Å². The predicted octanol–water partition coefficient (Wildman–Crippen LogP) is 1.68. The molecule has 2 fully saturated rings. The Morgan fingerprint density at radius 2 is 1.95 bits per heavy atom. The lowest BCUT2D eigenvalue weighted by molar-refractivity contribution is -0.0612. The van der Waals surface area contributed by atoms with E-state index in [1.165, 1.54) is 0 Å². The van der Waals surface area contributed by atoms with Gasteiger partial charge in [0.25, 0.3) is 0 Å². The highest BCUT2D eigenvalue weighted by atomic mass is 16.3. The molecule has 2 unspecified atom stereocenters. The summed E-state index contributed by atoms with van der Waals surface area (Å²) in [6.07, 6.45) is 4.31. The number of β-amino-alcohol motifs (C(OH)–C–C–N with tert-alkyl or cyclic N) is 1. The summed E-state index contributed by atoms with van der Waals surface area (Å²) < 4.78 is 0. The molecule has 0 radical (unpaired) electrons. The van der Waals surface area contributed by atoms with E-state index in [-0.39, 0.29) is 22.9 Å². The number of hydrogen-bond donors (Lipinski definition) is 2. The molecule has 0 aromatic heterocycles. The molecule has 6 nitrogen and oxygen atoms in total. The van der Waals surface area contributed by atoms with Crippen molar-refractivity contribution in [2.75, 3.05) is 19.6 Å². The zero-order valence-electron chi connectivity index (χ0n) is 14.0. The molecule has 1 aliphatic carbocycles. The molecule has 1 saturated heterocycles. The number of hydrogen-bond acceptors (Lipinski definition) is 4. The minimum absolute atomic E-state index is 0.0205. The number of aliphatic imine (C=N–C) groups is 1. The van der Waals surface area contributed by atoms with Gasteiger partial charge < -0.3 is 15.3 Å². The van der Waals surface area contributed by atoms with Gasteiger partial charge >= 0.3 is 6.03 Å². The third-order valence-corrected chi connectivity index (χ3v) is 4.67. The summed E-state index contributed by atoms with van der Waals surface area (Å²) in [5.41, 5.74) is -0.753. The molecule has 2 amide bonds. The van der Waals surface area contributed by atoms with Gasteiger partial charge in [-0.25, -0.2) is 14.6 Å². The third-order valence-electron chi connectivity index (χ3n) is 4.67. The van der Waals surface area contributed by atoms with Crippen LogP contribution in [0.5, 0.6) is 0 Å². The van der Waals surface area contributed by atoms with E-state index in [4.69, 9.17) is 0 Å². The van der Waals surface area contributed by atoms with Crippen LogP contribution in [-0.4, -0.2) is 53.4 Å². The Kier molecular flexibility index (Phi) is 4.37. The van der Waals surface area contributed by atoms with E-state index in [1.807, 2.05) is 0 Å². The van der Waals surface area contributed by atoms with E-state index in [2.05, 4.69) is 31.1 Å². The number of amides is 2. The van der Waals surface area contributed by atoms with E-state index in [0.717, 1.165) is 19.3 Å². The van der Waals surface area contributed by atoms with Gasteiger partial charge in [-0.1, -0.05) is 20.8 Å². The summed E-state index contributed by atoms with van der Waals surface area (Å²) in [5, 5.41) is 12.7. The number of aliphatic hydroxyl groups is 1. The molecule has 6 heteroatoms. The smallest absolute Gasteiger partial charge is 0.317 e. The van der Waals surface area contributed by atoms with Crippen molar-refractivity contribution in [1.82, 2.24) is 10.2 Å². The molecule has 124 valence electrons. The summed E-state index contributed by atoms with van der Waals surface area (Å²) in [5.74, 6) is 0. The molecule has 1 saturated carbocycles. The monoisotopic (exact) mass is 309 g/mol. The summed E-state index contributed by atoms with van der Waals surface area (Å²) in [6.45, 7) is 9.51. The number of rotatable bonds is 3. The van der Waals surface area contributed by atoms with E-state index in [9.17, 15) is 14.7 Å². The number of carbonyl (C=O) groups excluding carboxylic acids is 2. The first-order valence-corrected chi connectivity index (χ1v) is 7.86. The van der Waals surface area contributed by atoms with Crippen molar-refractivity contribution < 1.29 is 14.7 Å². The average Bonchev–Trinajstić information content (AvgIpc) is 2.31. The molecule has 0 aromatic carbocycles. The molecule has 1 aliphatic heterocycles. The minimum Gasteiger partial charge on any atom is -0.386 e. The Balaban J connectivity index is 1.92. The van der Waals surface area contributed by atoms with E-state index in [0.29, 0.717) is 19.6 Å². The second-order valence-corrected chi connectivity index (χ2v) is 8.45. The van der Waals surface area contributed by atoms with Gasteiger partial charge in [0.2, 0.25) is 6.08 Å². The van der Waals surface area contributed by atoms with Gasteiger partial charge in [0, 0.05) is 6.54 Å². The van der Waals surface area contributed by atoms with Crippen LogP contribution in [0.25, 0.3) is 0 Å². The SMILES string of the molecule is CC1(C)CC(N=C=O)CC(C)(CNC(=O)N2CC(C)(O)C2)C1. The molecule has 22 heavy (non-hydrogen) atoms.